The van der Waals surface area contributed by atoms with Crippen LogP contribution in [0.1, 0.15) is 42.3 Å². The van der Waals surface area contributed by atoms with Gasteiger partial charge in [-0.2, -0.15) is 0 Å². The first-order chi connectivity index (χ1) is 11.5. The van der Waals surface area contributed by atoms with Crippen LogP contribution in [-0.4, -0.2) is 52.0 Å². The molecule has 1 saturated heterocycles. The quantitative estimate of drug-likeness (QED) is 0.882. The Balaban J connectivity index is 1.59. The summed E-state index contributed by atoms with van der Waals surface area (Å²) in [6, 6.07) is 1.15. The van der Waals surface area contributed by atoms with E-state index >= 15 is 0 Å². The molecule has 1 aliphatic heterocycles. The van der Waals surface area contributed by atoms with Gasteiger partial charge >= 0.3 is 5.97 Å². The van der Waals surface area contributed by atoms with Gasteiger partial charge in [-0.15, -0.1) is 11.3 Å². The number of carbonyl (C=O) groups excluding carboxylic acids is 1. The molecular weight excluding hydrogens is 346 g/mol. The number of aromatic nitrogens is 1. The zero-order valence-electron chi connectivity index (χ0n) is 13.4. The van der Waals surface area contributed by atoms with Gasteiger partial charge in [-0.3, -0.25) is 4.79 Å². The van der Waals surface area contributed by atoms with E-state index in [2.05, 4.69) is 9.88 Å². The zero-order chi connectivity index (χ0) is 16.8. The molecule has 0 aromatic carbocycles. The number of thiazole rings is 1. The van der Waals surface area contributed by atoms with Gasteiger partial charge < -0.3 is 14.9 Å². The average molecular weight is 365 g/mol. The van der Waals surface area contributed by atoms with E-state index in [9.17, 15) is 14.7 Å². The first-order valence-corrected chi connectivity index (χ1v) is 9.88. The Morgan fingerprint density at radius 2 is 2.04 bits per heavy atom. The van der Waals surface area contributed by atoms with E-state index in [0.29, 0.717) is 4.88 Å². The average Bonchev–Trinajstić information content (AvgIpc) is 2.97. The van der Waals surface area contributed by atoms with Crippen LogP contribution in [0.4, 0.5) is 5.13 Å². The number of thiophene rings is 1. The van der Waals surface area contributed by atoms with Crippen molar-refractivity contribution in [3.05, 3.63) is 10.9 Å². The summed E-state index contributed by atoms with van der Waals surface area (Å²) in [5.74, 6) is -1.13. The largest absolute Gasteiger partial charge is 0.480 e. The number of hydrogen-bond donors (Lipinski definition) is 1. The fourth-order valence-corrected chi connectivity index (χ4v) is 5.34. The van der Waals surface area contributed by atoms with E-state index in [1.165, 1.54) is 29.1 Å². The van der Waals surface area contributed by atoms with Gasteiger partial charge in [0.05, 0.1) is 9.58 Å². The first-order valence-electron chi connectivity index (χ1n) is 8.25. The maximum Gasteiger partial charge on any atom is 0.326 e. The number of rotatable bonds is 5. The predicted octanol–water partition coefficient (Wildman–Crippen LogP) is 3.04. The highest BCUT2D eigenvalue weighted by atomic mass is 32.1. The van der Waals surface area contributed by atoms with Crippen LogP contribution in [-0.2, 0) is 4.79 Å². The molecule has 8 heteroatoms. The van der Waals surface area contributed by atoms with Crippen molar-refractivity contribution in [3.63, 3.8) is 0 Å². The number of fused-ring (bicyclic) bond motifs is 1. The van der Waals surface area contributed by atoms with Gasteiger partial charge in [-0.05, 0) is 38.7 Å². The van der Waals surface area contributed by atoms with Gasteiger partial charge in [0, 0.05) is 19.1 Å². The predicted molar refractivity (Wildman–Crippen MR) is 95.2 cm³/mol. The molecule has 0 radical (unpaired) electrons. The van der Waals surface area contributed by atoms with Crippen LogP contribution in [0, 0.1) is 0 Å². The second kappa shape index (κ2) is 6.00. The zero-order valence-corrected chi connectivity index (χ0v) is 15.0. The smallest absolute Gasteiger partial charge is 0.326 e. The Labute approximate surface area is 147 Å². The Kier molecular flexibility index (Phi) is 3.96. The second-order valence-corrected chi connectivity index (χ2v) is 8.47. The van der Waals surface area contributed by atoms with Crippen LogP contribution < -0.4 is 4.90 Å². The van der Waals surface area contributed by atoms with E-state index in [4.69, 9.17) is 0 Å². The molecular formula is C16H19N3O3S2. The van der Waals surface area contributed by atoms with Gasteiger partial charge in [0.1, 0.15) is 10.9 Å². The molecule has 6 nitrogen and oxygen atoms in total. The summed E-state index contributed by atoms with van der Waals surface area (Å²) in [5.41, 5.74) is 0. The van der Waals surface area contributed by atoms with Crippen molar-refractivity contribution >= 4 is 49.2 Å². The number of amides is 1. The lowest BCUT2D eigenvalue weighted by molar-refractivity contribution is -0.141. The number of carboxylic acids is 1. The van der Waals surface area contributed by atoms with Crippen molar-refractivity contribution < 1.29 is 14.7 Å². The minimum absolute atomic E-state index is 0.0665. The van der Waals surface area contributed by atoms with Gasteiger partial charge in [0.15, 0.2) is 5.13 Å². The van der Waals surface area contributed by atoms with E-state index in [1.54, 1.807) is 18.3 Å². The number of carbonyl (C=O) groups is 2. The van der Waals surface area contributed by atoms with E-state index in [0.717, 1.165) is 40.6 Å². The van der Waals surface area contributed by atoms with Crippen molar-refractivity contribution in [2.24, 2.45) is 0 Å². The summed E-state index contributed by atoms with van der Waals surface area (Å²) in [6.45, 7) is 3.69. The van der Waals surface area contributed by atoms with Gasteiger partial charge in [0.25, 0.3) is 5.91 Å². The normalized spacial score (nSPS) is 19.0. The topological polar surface area (TPSA) is 73.7 Å². The molecule has 0 bridgehead atoms. The fraction of sp³-hybridized carbons (Fsp3) is 0.562. The number of nitrogens with zero attached hydrogens (tertiary/aromatic N) is 3. The van der Waals surface area contributed by atoms with E-state index in [1.807, 2.05) is 6.07 Å². The molecule has 4 rings (SSSR count). The minimum atomic E-state index is -0.955. The SMILES string of the molecule is CC(C(=O)O)N(C(=O)c1cc2sc(N3CCCC3)nc2s1)C1CC1. The van der Waals surface area contributed by atoms with Crippen molar-refractivity contribution in [2.75, 3.05) is 18.0 Å². The van der Waals surface area contributed by atoms with Crippen LogP contribution >= 0.6 is 22.7 Å². The van der Waals surface area contributed by atoms with Gasteiger partial charge in [-0.1, -0.05) is 11.3 Å². The van der Waals surface area contributed by atoms with Crippen LogP contribution in [0.15, 0.2) is 6.07 Å². The lowest BCUT2D eigenvalue weighted by Gasteiger charge is -2.25. The third-order valence-corrected chi connectivity index (χ3v) is 6.82. The van der Waals surface area contributed by atoms with Crippen LogP contribution in [0.2, 0.25) is 0 Å². The van der Waals surface area contributed by atoms with Crippen LogP contribution in [0.25, 0.3) is 9.53 Å². The Morgan fingerprint density at radius 1 is 1.33 bits per heavy atom. The highest BCUT2D eigenvalue weighted by molar-refractivity contribution is 7.29. The van der Waals surface area contributed by atoms with Gasteiger partial charge in [-0.25, -0.2) is 9.78 Å². The van der Waals surface area contributed by atoms with E-state index in [-0.39, 0.29) is 11.9 Å². The third-order valence-electron chi connectivity index (χ3n) is 4.61. The molecule has 24 heavy (non-hydrogen) atoms. The first kappa shape index (κ1) is 15.8. The van der Waals surface area contributed by atoms with E-state index < -0.39 is 12.0 Å². The Morgan fingerprint density at radius 3 is 2.62 bits per heavy atom. The highest BCUT2D eigenvalue weighted by Gasteiger charge is 2.39. The van der Waals surface area contributed by atoms with Crippen LogP contribution in [0.5, 0.6) is 0 Å². The molecule has 1 atom stereocenters. The Bertz CT molecular complexity index is 758. The monoisotopic (exact) mass is 365 g/mol. The number of anilines is 1. The summed E-state index contributed by atoms with van der Waals surface area (Å²) in [4.78, 5) is 34.1. The molecule has 1 aliphatic carbocycles. The Hall–Kier alpha value is -1.67. The molecule has 0 spiro atoms. The molecule has 1 saturated carbocycles. The molecule has 2 aromatic heterocycles. The fourth-order valence-electron chi connectivity index (χ4n) is 3.13. The minimum Gasteiger partial charge on any atom is -0.480 e. The van der Waals surface area contributed by atoms with Crippen molar-refractivity contribution in [3.8, 4) is 0 Å². The van der Waals surface area contributed by atoms with Crippen molar-refractivity contribution in [2.45, 2.75) is 44.7 Å². The standard InChI is InChI=1S/C16H19N3O3S2/c1-9(15(21)22)19(10-4-5-10)14(20)12-8-11-13(23-12)17-16(24-11)18-6-2-3-7-18/h8-10H,2-7H2,1H3,(H,21,22). The lowest BCUT2D eigenvalue weighted by Crippen LogP contribution is -2.44. The second-order valence-electron chi connectivity index (χ2n) is 6.43. The summed E-state index contributed by atoms with van der Waals surface area (Å²) in [5, 5.41) is 10.3. The summed E-state index contributed by atoms with van der Waals surface area (Å²) in [7, 11) is 0. The third kappa shape index (κ3) is 2.77. The highest BCUT2D eigenvalue weighted by Crippen LogP contribution is 2.38. The van der Waals surface area contributed by atoms with Crippen molar-refractivity contribution in [1.29, 1.82) is 0 Å². The molecule has 128 valence electrons. The summed E-state index contributed by atoms with van der Waals surface area (Å²) in [6.07, 6.45) is 4.20. The molecule has 1 amide bonds. The molecule has 3 heterocycles. The number of carboxylic acid groups (broad SMARTS) is 1. The molecule has 2 aliphatic rings. The van der Waals surface area contributed by atoms with Gasteiger partial charge in [0.2, 0.25) is 0 Å². The molecule has 1 unspecified atom stereocenters. The molecule has 2 fully saturated rings. The number of aliphatic carboxylic acids is 1. The summed E-state index contributed by atoms with van der Waals surface area (Å²) < 4.78 is 1.02. The molecule has 2 aromatic rings. The maximum atomic E-state index is 12.8. The summed E-state index contributed by atoms with van der Waals surface area (Å²) >= 11 is 3.00. The molecule has 1 N–H and O–H groups in total. The lowest BCUT2D eigenvalue weighted by atomic mass is 10.2. The van der Waals surface area contributed by atoms with Crippen LogP contribution in [0.3, 0.4) is 0 Å². The van der Waals surface area contributed by atoms with Crippen molar-refractivity contribution in [1.82, 2.24) is 9.88 Å². The number of hydrogen-bond acceptors (Lipinski definition) is 6. The maximum absolute atomic E-state index is 12.8.